The van der Waals surface area contributed by atoms with Gasteiger partial charge in [0.2, 0.25) is 0 Å². The highest BCUT2D eigenvalue weighted by Gasteiger charge is 2.63. The quantitative estimate of drug-likeness (QED) is 0.530. The average molecular weight is 361 g/mol. The van der Waals surface area contributed by atoms with Gasteiger partial charge in [0, 0.05) is 24.7 Å². The molecule has 0 radical (unpaired) electrons. The summed E-state index contributed by atoms with van der Waals surface area (Å²) < 4.78 is 12.7. The standard InChI is InChI=1S/C22H36O2Si/c1-9-18(10-2)16-25(23-7,24-8)22(6)17(3)15-19-13-11-12-14-20(19)21(22,4)5/h11-15,18H,9-10,16H2,1-8H3. The molecule has 1 atom stereocenters. The smallest absolute Gasteiger partial charge is 0.349 e. The number of allylic oxidation sites excluding steroid dienone is 1. The van der Waals surface area contributed by atoms with Gasteiger partial charge < -0.3 is 8.85 Å². The van der Waals surface area contributed by atoms with Crippen LogP contribution in [-0.4, -0.2) is 22.8 Å². The summed E-state index contributed by atoms with van der Waals surface area (Å²) in [4.78, 5) is 0. The highest BCUT2D eigenvalue weighted by Crippen LogP contribution is 2.63. The van der Waals surface area contributed by atoms with Crippen molar-refractivity contribution in [2.75, 3.05) is 14.2 Å². The summed E-state index contributed by atoms with van der Waals surface area (Å²) >= 11 is 0. The van der Waals surface area contributed by atoms with Crippen LogP contribution in [-0.2, 0) is 14.3 Å². The third-order valence-corrected chi connectivity index (χ3v) is 12.2. The fraction of sp³-hybridized carbons (Fsp3) is 0.636. The minimum absolute atomic E-state index is 0.0489. The first kappa shape index (κ1) is 20.4. The summed E-state index contributed by atoms with van der Waals surface area (Å²) in [6.45, 7) is 14.0. The molecule has 0 fully saturated rings. The fourth-order valence-electron chi connectivity index (χ4n) is 4.93. The Bertz CT molecular complexity index is 627. The maximum atomic E-state index is 6.36. The third kappa shape index (κ3) is 2.94. The number of benzene rings is 1. The summed E-state index contributed by atoms with van der Waals surface area (Å²) in [6, 6.07) is 9.82. The molecule has 0 aliphatic heterocycles. The molecule has 0 saturated carbocycles. The van der Waals surface area contributed by atoms with Gasteiger partial charge >= 0.3 is 8.56 Å². The molecule has 140 valence electrons. The predicted octanol–water partition coefficient (Wildman–Crippen LogP) is 6.31. The molecular formula is C22H36O2Si. The fourth-order valence-corrected chi connectivity index (χ4v) is 9.75. The van der Waals surface area contributed by atoms with Gasteiger partial charge in [-0.05, 0) is 30.0 Å². The second-order valence-electron chi connectivity index (χ2n) is 8.21. The number of hydrogen-bond acceptors (Lipinski definition) is 2. The van der Waals surface area contributed by atoms with Crippen LogP contribution in [0, 0.1) is 5.92 Å². The normalized spacial score (nSPS) is 22.7. The molecule has 0 bridgehead atoms. The van der Waals surface area contributed by atoms with Gasteiger partial charge in [-0.2, -0.15) is 0 Å². The zero-order chi connectivity index (χ0) is 18.9. The van der Waals surface area contributed by atoms with Gasteiger partial charge in [-0.1, -0.05) is 83.4 Å². The molecule has 0 spiro atoms. The SMILES string of the molecule is CCC(CC)C[Si](OC)(OC)C1(C)C(C)=Cc2ccccc2C1(C)C. The number of fused-ring (bicyclic) bond motifs is 1. The van der Waals surface area contributed by atoms with Crippen molar-refractivity contribution >= 4 is 14.6 Å². The van der Waals surface area contributed by atoms with E-state index in [1.807, 2.05) is 14.2 Å². The summed E-state index contributed by atoms with van der Waals surface area (Å²) in [7, 11) is 1.23. The van der Waals surface area contributed by atoms with Crippen molar-refractivity contribution in [3.63, 3.8) is 0 Å². The van der Waals surface area contributed by atoms with Crippen molar-refractivity contribution in [3.05, 3.63) is 41.0 Å². The van der Waals surface area contributed by atoms with E-state index in [0.717, 1.165) is 6.04 Å². The number of hydrogen-bond donors (Lipinski definition) is 0. The Morgan fingerprint density at radius 1 is 1.00 bits per heavy atom. The highest BCUT2D eigenvalue weighted by atomic mass is 28.4. The summed E-state index contributed by atoms with van der Waals surface area (Å²) in [5.74, 6) is 0.643. The van der Waals surface area contributed by atoms with Crippen LogP contribution in [0.15, 0.2) is 29.8 Å². The van der Waals surface area contributed by atoms with Crippen molar-refractivity contribution in [2.24, 2.45) is 5.92 Å². The molecule has 0 heterocycles. The van der Waals surface area contributed by atoms with E-state index in [1.165, 1.54) is 29.5 Å². The second-order valence-corrected chi connectivity index (χ2v) is 11.9. The monoisotopic (exact) mass is 360 g/mol. The van der Waals surface area contributed by atoms with Gasteiger partial charge in [-0.3, -0.25) is 0 Å². The maximum Gasteiger partial charge on any atom is 0.349 e. The first-order chi connectivity index (χ1) is 11.7. The lowest BCUT2D eigenvalue weighted by atomic mass is 9.65. The van der Waals surface area contributed by atoms with Crippen molar-refractivity contribution in [1.29, 1.82) is 0 Å². The summed E-state index contributed by atoms with van der Waals surface area (Å²) in [5, 5.41) is -0.125. The van der Waals surface area contributed by atoms with Crippen LogP contribution in [0.5, 0.6) is 0 Å². The molecule has 3 heteroatoms. The first-order valence-corrected chi connectivity index (χ1v) is 11.6. The van der Waals surface area contributed by atoms with E-state index in [2.05, 4.69) is 71.9 Å². The van der Waals surface area contributed by atoms with E-state index in [-0.39, 0.29) is 10.5 Å². The molecule has 0 amide bonds. The van der Waals surface area contributed by atoms with Crippen LogP contribution < -0.4 is 0 Å². The first-order valence-electron chi connectivity index (χ1n) is 9.62. The average Bonchev–Trinajstić information content (AvgIpc) is 2.62. The van der Waals surface area contributed by atoms with Crippen LogP contribution in [0.25, 0.3) is 6.08 Å². The predicted molar refractivity (Wildman–Crippen MR) is 110 cm³/mol. The Kier molecular flexibility index (Phi) is 6.02. The van der Waals surface area contributed by atoms with Crippen LogP contribution in [0.2, 0.25) is 11.1 Å². The van der Waals surface area contributed by atoms with Crippen LogP contribution >= 0.6 is 0 Å². The Morgan fingerprint density at radius 2 is 1.56 bits per heavy atom. The Balaban J connectivity index is 2.67. The van der Waals surface area contributed by atoms with E-state index >= 15 is 0 Å². The molecule has 2 nitrogen and oxygen atoms in total. The van der Waals surface area contributed by atoms with Gasteiger partial charge in [0.25, 0.3) is 0 Å². The van der Waals surface area contributed by atoms with E-state index in [9.17, 15) is 0 Å². The molecule has 1 unspecified atom stereocenters. The van der Waals surface area contributed by atoms with Crippen molar-refractivity contribution < 1.29 is 8.85 Å². The van der Waals surface area contributed by atoms with Crippen LogP contribution in [0.3, 0.4) is 0 Å². The Morgan fingerprint density at radius 3 is 2.08 bits per heavy atom. The lowest BCUT2D eigenvalue weighted by molar-refractivity contribution is 0.178. The van der Waals surface area contributed by atoms with Crippen molar-refractivity contribution in [3.8, 4) is 0 Å². The van der Waals surface area contributed by atoms with E-state index in [1.54, 1.807) is 0 Å². The zero-order valence-electron chi connectivity index (χ0n) is 17.4. The van der Waals surface area contributed by atoms with Crippen molar-refractivity contribution in [1.82, 2.24) is 0 Å². The molecule has 2 rings (SSSR count). The molecule has 0 N–H and O–H groups in total. The van der Waals surface area contributed by atoms with Gasteiger partial charge in [0.15, 0.2) is 0 Å². The summed E-state index contributed by atoms with van der Waals surface area (Å²) in [6.07, 6.45) is 4.70. The molecule has 1 aromatic carbocycles. The zero-order valence-corrected chi connectivity index (χ0v) is 18.4. The number of rotatable bonds is 7. The minimum atomic E-state index is -2.51. The van der Waals surface area contributed by atoms with Crippen LogP contribution in [0.1, 0.15) is 65.5 Å². The Labute approximate surface area is 155 Å². The highest BCUT2D eigenvalue weighted by molar-refractivity contribution is 6.72. The maximum absolute atomic E-state index is 6.36. The summed E-state index contributed by atoms with van der Waals surface area (Å²) in [5.41, 5.74) is 4.07. The molecule has 1 aliphatic rings. The second kappa shape index (κ2) is 7.38. The Hall–Kier alpha value is -0.903. The topological polar surface area (TPSA) is 18.5 Å². The molecule has 1 aromatic rings. The lowest BCUT2D eigenvalue weighted by Gasteiger charge is -2.56. The molecule has 25 heavy (non-hydrogen) atoms. The van der Waals surface area contributed by atoms with Gasteiger partial charge in [-0.25, -0.2) is 0 Å². The molecular weight excluding hydrogens is 324 g/mol. The third-order valence-electron chi connectivity index (χ3n) is 7.18. The van der Waals surface area contributed by atoms with Crippen molar-refractivity contribution in [2.45, 2.75) is 70.9 Å². The van der Waals surface area contributed by atoms with E-state index < -0.39 is 8.56 Å². The minimum Gasteiger partial charge on any atom is -0.397 e. The molecule has 0 aromatic heterocycles. The molecule has 0 saturated heterocycles. The van der Waals surface area contributed by atoms with Crippen LogP contribution in [0.4, 0.5) is 0 Å². The van der Waals surface area contributed by atoms with Gasteiger partial charge in [0.1, 0.15) is 0 Å². The largest absolute Gasteiger partial charge is 0.397 e. The lowest BCUT2D eigenvalue weighted by Crippen LogP contribution is -2.60. The van der Waals surface area contributed by atoms with Gasteiger partial charge in [-0.15, -0.1) is 0 Å². The van der Waals surface area contributed by atoms with E-state index in [4.69, 9.17) is 8.85 Å². The van der Waals surface area contributed by atoms with E-state index in [0.29, 0.717) is 5.92 Å². The van der Waals surface area contributed by atoms with Gasteiger partial charge in [0.05, 0.1) is 0 Å². The molecule has 1 aliphatic carbocycles.